The van der Waals surface area contributed by atoms with Crippen molar-refractivity contribution in [1.29, 1.82) is 0 Å². The third-order valence-corrected chi connectivity index (χ3v) is 4.22. The van der Waals surface area contributed by atoms with Gasteiger partial charge >= 0.3 is 0 Å². The summed E-state index contributed by atoms with van der Waals surface area (Å²) in [6, 6.07) is 7.94. The molecule has 0 aromatic heterocycles. The summed E-state index contributed by atoms with van der Waals surface area (Å²) in [4.78, 5) is 12.2. The van der Waals surface area contributed by atoms with Gasteiger partial charge in [-0.25, -0.2) is 0 Å². The molecule has 1 saturated heterocycles. The van der Waals surface area contributed by atoms with E-state index in [4.69, 9.17) is 11.6 Å². The molecule has 1 amide bonds. The van der Waals surface area contributed by atoms with Crippen molar-refractivity contribution < 1.29 is 4.79 Å². The van der Waals surface area contributed by atoms with Gasteiger partial charge in [-0.3, -0.25) is 4.79 Å². The van der Waals surface area contributed by atoms with E-state index in [-0.39, 0.29) is 29.6 Å². The molecule has 2 rings (SSSR count). The van der Waals surface area contributed by atoms with Crippen molar-refractivity contribution in [2.45, 2.75) is 33.1 Å². The van der Waals surface area contributed by atoms with Gasteiger partial charge in [0, 0.05) is 18.1 Å². The molecule has 1 atom stereocenters. The highest BCUT2D eigenvalue weighted by molar-refractivity contribution is 6.30. The summed E-state index contributed by atoms with van der Waals surface area (Å²) in [7, 11) is 0. The average Bonchev–Trinajstić information content (AvgIpc) is 2.45. The van der Waals surface area contributed by atoms with Crippen molar-refractivity contribution in [3.8, 4) is 0 Å². The Morgan fingerprint density at radius 1 is 1.45 bits per heavy atom. The zero-order valence-corrected chi connectivity index (χ0v) is 14.9. The van der Waals surface area contributed by atoms with E-state index in [1.54, 1.807) is 0 Å². The van der Waals surface area contributed by atoms with E-state index in [1.165, 1.54) is 5.56 Å². The molecule has 5 heteroatoms. The van der Waals surface area contributed by atoms with Crippen molar-refractivity contribution in [3.63, 3.8) is 0 Å². The quantitative estimate of drug-likeness (QED) is 0.858. The predicted molar refractivity (Wildman–Crippen MR) is 94.8 cm³/mol. The van der Waals surface area contributed by atoms with E-state index in [0.29, 0.717) is 6.54 Å². The summed E-state index contributed by atoms with van der Waals surface area (Å²) in [5, 5.41) is 7.16. The second-order valence-electron chi connectivity index (χ2n) is 6.73. The van der Waals surface area contributed by atoms with Crippen molar-refractivity contribution in [3.05, 3.63) is 34.9 Å². The number of amides is 1. The second kappa shape index (κ2) is 8.76. The molecule has 1 fully saturated rings. The smallest absolute Gasteiger partial charge is 0.224 e. The van der Waals surface area contributed by atoms with Crippen LogP contribution in [0.25, 0.3) is 0 Å². The highest BCUT2D eigenvalue weighted by Gasteiger charge is 2.24. The molecule has 3 nitrogen and oxygen atoms in total. The van der Waals surface area contributed by atoms with E-state index in [9.17, 15) is 4.79 Å². The fourth-order valence-corrected chi connectivity index (χ4v) is 3.02. The lowest BCUT2D eigenvalue weighted by Gasteiger charge is -2.28. The number of carbonyl (C=O) groups excluding carboxylic acids is 1. The Bertz CT molecular complexity index is 485. The summed E-state index contributed by atoms with van der Waals surface area (Å²) in [5.41, 5.74) is 1.23. The maximum atomic E-state index is 12.2. The predicted octanol–water partition coefficient (Wildman–Crippen LogP) is 3.45. The topological polar surface area (TPSA) is 41.1 Å². The van der Waals surface area contributed by atoms with Gasteiger partial charge in [0.05, 0.1) is 5.92 Å². The number of benzene rings is 1. The molecule has 1 aromatic rings. The summed E-state index contributed by atoms with van der Waals surface area (Å²) >= 11 is 6.03. The van der Waals surface area contributed by atoms with Gasteiger partial charge in [0.25, 0.3) is 0 Å². The number of halogens is 2. The van der Waals surface area contributed by atoms with Gasteiger partial charge in [-0.05, 0) is 48.9 Å². The summed E-state index contributed by atoms with van der Waals surface area (Å²) in [6.07, 6.45) is 2.98. The molecule has 2 N–H and O–H groups in total. The Labute approximate surface area is 144 Å². The van der Waals surface area contributed by atoms with Crippen LogP contribution in [0.4, 0.5) is 0 Å². The van der Waals surface area contributed by atoms with Gasteiger partial charge in [0.15, 0.2) is 0 Å². The van der Waals surface area contributed by atoms with Gasteiger partial charge < -0.3 is 10.6 Å². The second-order valence-corrected chi connectivity index (χ2v) is 7.17. The van der Waals surface area contributed by atoms with E-state index in [0.717, 1.165) is 37.4 Å². The minimum atomic E-state index is 0. The standard InChI is InChI=1S/C17H25ClN2O.ClH/c1-17(2,10-13-5-3-7-15(18)9-13)12-20-16(21)14-6-4-8-19-11-14;/h3,5,7,9,14,19H,4,6,8,10-12H2,1-2H3,(H,20,21);1H. The fraction of sp³-hybridized carbons (Fsp3) is 0.588. The largest absolute Gasteiger partial charge is 0.355 e. The van der Waals surface area contributed by atoms with Crippen LogP contribution in [0.15, 0.2) is 24.3 Å². The third-order valence-electron chi connectivity index (χ3n) is 3.98. The van der Waals surface area contributed by atoms with Crippen LogP contribution >= 0.6 is 24.0 Å². The van der Waals surface area contributed by atoms with Crippen LogP contribution < -0.4 is 10.6 Å². The molecule has 1 heterocycles. The van der Waals surface area contributed by atoms with Crippen LogP contribution in [-0.2, 0) is 11.2 Å². The van der Waals surface area contributed by atoms with Crippen molar-refractivity contribution in [2.24, 2.45) is 11.3 Å². The van der Waals surface area contributed by atoms with Crippen molar-refractivity contribution in [1.82, 2.24) is 10.6 Å². The van der Waals surface area contributed by atoms with Crippen LogP contribution in [0, 0.1) is 11.3 Å². The number of rotatable bonds is 5. The maximum absolute atomic E-state index is 12.2. The van der Waals surface area contributed by atoms with Crippen LogP contribution in [-0.4, -0.2) is 25.5 Å². The monoisotopic (exact) mass is 344 g/mol. The van der Waals surface area contributed by atoms with Crippen LogP contribution in [0.3, 0.4) is 0 Å². The Morgan fingerprint density at radius 3 is 2.86 bits per heavy atom. The number of piperidine rings is 1. The first-order chi connectivity index (χ1) is 9.96. The minimum Gasteiger partial charge on any atom is -0.355 e. The van der Waals surface area contributed by atoms with Gasteiger partial charge in [0.1, 0.15) is 0 Å². The van der Waals surface area contributed by atoms with Crippen molar-refractivity contribution >= 4 is 29.9 Å². The van der Waals surface area contributed by atoms with E-state index >= 15 is 0 Å². The molecule has 124 valence electrons. The molecule has 22 heavy (non-hydrogen) atoms. The molecular formula is C17H26Cl2N2O. The minimum absolute atomic E-state index is 0. The number of hydrogen-bond acceptors (Lipinski definition) is 2. The Hall–Kier alpha value is -0.770. The molecular weight excluding hydrogens is 319 g/mol. The lowest BCUT2D eigenvalue weighted by atomic mass is 9.85. The highest BCUT2D eigenvalue weighted by atomic mass is 35.5. The van der Waals surface area contributed by atoms with Gasteiger partial charge in [0.2, 0.25) is 5.91 Å². The number of hydrogen-bond donors (Lipinski definition) is 2. The molecule has 0 aliphatic carbocycles. The molecule has 1 aliphatic heterocycles. The SMILES string of the molecule is CC(C)(CNC(=O)C1CCCNC1)Cc1cccc(Cl)c1.Cl. The van der Waals surface area contributed by atoms with Crippen LogP contribution in [0.5, 0.6) is 0 Å². The molecule has 1 aromatic carbocycles. The van der Waals surface area contributed by atoms with E-state index in [1.807, 2.05) is 18.2 Å². The molecule has 0 saturated carbocycles. The maximum Gasteiger partial charge on any atom is 0.224 e. The Morgan fingerprint density at radius 2 is 2.23 bits per heavy atom. The summed E-state index contributed by atoms with van der Waals surface area (Å²) in [6.45, 7) is 6.88. The van der Waals surface area contributed by atoms with Gasteiger partial charge in [-0.15, -0.1) is 12.4 Å². The van der Waals surface area contributed by atoms with Gasteiger partial charge in [-0.1, -0.05) is 37.6 Å². The first-order valence-corrected chi connectivity index (χ1v) is 8.07. The third kappa shape index (κ3) is 6.15. The number of carbonyl (C=O) groups is 1. The fourth-order valence-electron chi connectivity index (χ4n) is 2.81. The number of nitrogens with one attached hydrogen (secondary N) is 2. The molecule has 1 aliphatic rings. The Balaban J connectivity index is 0.00000242. The van der Waals surface area contributed by atoms with Gasteiger partial charge in [-0.2, -0.15) is 0 Å². The Kier molecular flexibility index (Phi) is 7.67. The zero-order chi connectivity index (χ0) is 15.3. The zero-order valence-electron chi connectivity index (χ0n) is 13.3. The first kappa shape index (κ1) is 19.3. The van der Waals surface area contributed by atoms with Crippen LogP contribution in [0.1, 0.15) is 32.3 Å². The van der Waals surface area contributed by atoms with E-state index in [2.05, 4.69) is 30.5 Å². The van der Waals surface area contributed by atoms with Crippen LogP contribution in [0.2, 0.25) is 5.02 Å². The summed E-state index contributed by atoms with van der Waals surface area (Å²) < 4.78 is 0. The molecule has 0 radical (unpaired) electrons. The van der Waals surface area contributed by atoms with E-state index < -0.39 is 0 Å². The average molecular weight is 345 g/mol. The lowest BCUT2D eigenvalue weighted by Crippen LogP contribution is -2.43. The molecule has 0 spiro atoms. The first-order valence-electron chi connectivity index (χ1n) is 7.69. The lowest BCUT2D eigenvalue weighted by molar-refractivity contribution is -0.125. The highest BCUT2D eigenvalue weighted by Crippen LogP contribution is 2.23. The molecule has 1 unspecified atom stereocenters. The van der Waals surface area contributed by atoms with Crippen molar-refractivity contribution in [2.75, 3.05) is 19.6 Å². The normalized spacial score (nSPS) is 18.4. The molecule has 0 bridgehead atoms. The summed E-state index contributed by atoms with van der Waals surface area (Å²) in [5.74, 6) is 0.307.